The number of carbonyl (C=O) groups is 1. The van der Waals surface area contributed by atoms with Crippen molar-refractivity contribution in [2.75, 3.05) is 34.3 Å². The molecule has 20 heavy (non-hydrogen) atoms. The van der Waals surface area contributed by atoms with Gasteiger partial charge in [-0.3, -0.25) is 4.79 Å². The van der Waals surface area contributed by atoms with Crippen LogP contribution in [-0.4, -0.2) is 45.1 Å². The van der Waals surface area contributed by atoms with Gasteiger partial charge in [-0.25, -0.2) is 4.39 Å². The summed E-state index contributed by atoms with van der Waals surface area (Å²) in [6, 6.07) is 4.19. The zero-order valence-electron chi connectivity index (χ0n) is 12.8. The molecule has 0 spiro atoms. The Labute approximate surface area is 119 Å². The maximum absolute atomic E-state index is 13.5. The van der Waals surface area contributed by atoms with E-state index in [9.17, 15) is 9.18 Å². The SMILES string of the molecule is COc1ccc(C(=O)NCC(C)(C)CN(C)C)cc1F. The summed E-state index contributed by atoms with van der Waals surface area (Å²) in [7, 11) is 5.37. The number of hydrogen-bond acceptors (Lipinski definition) is 3. The fraction of sp³-hybridized carbons (Fsp3) is 0.533. The van der Waals surface area contributed by atoms with Gasteiger partial charge in [0.25, 0.3) is 5.91 Å². The zero-order valence-corrected chi connectivity index (χ0v) is 12.8. The van der Waals surface area contributed by atoms with Crippen molar-refractivity contribution in [2.45, 2.75) is 13.8 Å². The Hall–Kier alpha value is -1.62. The third-order valence-electron chi connectivity index (χ3n) is 2.89. The Balaban J connectivity index is 2.65. The van der Waals surface area contributed by atoms with Crippen LogP contribution in [0.1, 0.15) is 24.2 Å². The van der Waals surface area contributed by atoms with Crippen molar-refractivity contribution in [3.8, 4) is 5.75 Å². The lowest BCUT2D eigenvalue weighted by Crippen LogP contribution is -2.40. The molecule has 0 unspecified atom stereocenters. The lowest BCUT2D eigenvalue weighted by molar-refractivity contribution is 0.0928. The topological polar surface area (TPSA) is 41.6 Å². The summed E-state index contributed by atoms with van der Waals surface area (Å²) < 4.78 is 18.4. The molecular weight excluding hydrogens is 259 g/mol. The highest BCUT2D eigenvalue weighted by atomic mass is 19.1. The highest BCUT2D eigenvalue weighted by molar-refractivity contribution is 5.94. The maximum Gasteiger partial charge on any atom is 0.251 e. The quantitative estimate of drug-likeness (QED) is 0.869. The Morgan fingerprint density at radius 1 is 1.40 bits per heavy atom. The number of methoxy groups -OCH3 is 1. The van der Waals surface area contributed by atoms with Gasteiger partial charge in [0.1, 0.15) is 0 Å². The van der Waals surface area contributed by atoms with Crippen LogP contribution in [0.4, 0.5) is 4.39 Å². The van der Waals surface area contributed by atoms with Crippen LogP contribution in [0.25, 0.3) is 0 Å². The normalized spacial score (nSPS) is 11.6. The average molecular weight is 282 g/mol. The predicted molar refractivity (Wildman–Crippen MR) is 77.6 cm³/mol. The molecule has 1 aromatic carbocycles. The number of nitrogens with zero attached hydrogens (tertiary/aromatic N) is 1. The number of nitrogens with one attached hydrogen (secondary N) is 1. The molecule has 112 valence electrons. The molecule has 0 saturated heterocycles. The van der Waals surface area contributed by atoms with Gasteiger partial charge < -0.3 is 15.0 Å². The monoisotopic (exact) mass is 282 g/mol. The minimum absolute atomic E-state index is 0.0514. The summed E-state index contributed by atoms with van der Waals surface area (Å²) in [5, 5.41) is 2.84. The number of carbonyl (C=O) groups excluding carboxylic acids is 1. The van der Waals surface area contributed by atoms with E-state index in [0.29, 0.717) is 12.1 Å². The third kappa shape index (κ3) is 4.81. The van der Waals surface area contributed by atoms with Gasteiger partial charge in [-0.1, -0.05) is 13.8 Å². The Morgan fingerprint density at radius 3 is 2.55 bits per heavy atom. The van der Waals surface area contributed by atoms with Crippen LogP contribution in [0.2, 0.25) is 0 Å². The van der Waals surface area contributed by atoms with Gasteiger partial charge in [0.2, 0.25) is 0 Å². The molecule has 0 aromatic heterocycles. The highest BCUT2D eigenvalue weighted by Crippen LogP contribution is 2.18. The largest absolute Gasteiger partial charge is 0.494 e. The molecule has 1 aromatic rings. The molecule has 0 saturated carbocycles. The van der Waals surface area contributed by atoms with Crippen molar-refractivity contribution < 1.29 is 13.9 Å². The van der Waals surface area contributed by atoms with E-state index in [1.807, 2.05) is 14.1 Å². The fourth-order valence-corrected chi connectivity index (χ4v) is 2.14. The van der Waals surface area contributed by atoms with E-state index in [1.54, 1.807) is 6.07 Å². The van der Waals surface area contributed by atoms with Crippen molar-refractivity contribution in [3.05, 3.63) is 29.6 Å². The van der Waals surface area contributed by atoms with Crippen LogP contribution >= 0.6 is 0 Å². The first-order valence-corrected chi connectivity index (χ1v) is 6.51. The number of rotatable bonds is 6. The second-order valence-electron chi connectivity index (χ2n) is 5.93. The lowest BCUT2D eigenvalue weighted by Gasteiger charge is -2.28. The van der Waals surface area contributed by atoms with Crippen molar-refractivity contribution in [1.29, 1.82) is 0 Å². The Morgan fingerprint density at radius 2 is 2.05 bits per heavy atom. The van der Waals surface area contributed by atoms with Crippen LogP contribution in [0.3, 0.4) is 0 Å². The van der Waals surface area contributed by atoms with Gasteiger partial charge in [-0.05, 0) is 37.7 Å². The van der Waals surface area contributed by atoms with Gasteiger partial charge in [-0.15, -0.1) is 0 Å². The standard InChI is InChI=1S/C15H23FN2O2/c1-15(2,10-18(3)4)9-17-14(19)11-6-7-13(20-5)12(16)8-11/h6-8H,9-10H2,1-5H3,(H,17,19). The average Bonchev–Trinajstić information content (AvgIpc) is 2.34. The summed E-state index contributed by atoms with van der Waals surface area (Å²) in [5.41, 5.74) is 0.244. The zero-order chi connectivity index (χ0) is 15.3. The first kappa shape index (κ1) is 16.4. The van der Waals surface area contributed by atoms with E-state index in [4.69, 9.17) is 4.74 Å². The first-order valence-electron chi connectivity index (χ1n) is 6.51. The molecule has 0 bridgehead atoms. The van der Waals surface area contributed by atoms with Gasteiger partial charge in [0.15, 0.2) is 11.6 Å². The van der Waals surface area contributed by atoms with Crippen LogP contribution in [0.5, 0.6) is 5.75 Å². The van der Waals surface area contributed by atoms with E-state index in [1.165, 1.54) is 19.2 Å². The van der Waals surface area contributed by atoms with Gasteiger partial charge in [-0.2, -0.15) is 0 Å². The summed E-state index contributed by atoms with van der Waals surface area (Å²) >= 11 is 0. The van der Waals surface area contributed by atoms with Crippen molar-refractivity contribution in [2.24, 2.45) is 5.41 Å². The van der Waals surface area contributed by atoms with Gasteiger partial charge >= 0.3 is 0 Å². The molecule has 0 atom stereocenters. The van der Waals surface area contributed by atoms with Gasteiger partial charge in [0.05, 0.1) is 7.11 Å². The molecule has 0 aliphatic heterocycles. The molecular formula is C15H23FN2O2. The Kier molecular flexibility index (Phi) is 5.51. The van der Waals surface area contributed by atoms with E-state index < -0.39 is 5.82 Å². The molecule has 1 amide bonds. The summed E-state index contributed by atoms with van der Waals surface area (Å²) in [6.07, 6.45) is 0. The first-order chi connectivity index (χ1) is 9.25. The molecule has 1 N–H and O–H groups in total. The number of amides is 1. The summed E-state index contributed by atoms with van der Waals surface area (Å²) in [5.74, 6) is -0.680. The van der Waals surface area contributed by atoms with Crippen LogP contribution in [-0.2, 0) is 0 Å². The van der Waals surface area contributed by atoms with Crippen LogP contribution in [0, 0.1) is 11.2 Å². The second kappa shape index (κ2) is 6.70. The second-order valence-corrected chi connectivity index (χ2v) is 5.93. The van der Waals surface area contributed by atoms with Gasteiger partial charge in [0, 0.05) is 18.7 Å². The fourth-order valence-electron chi connectivity index (χ4n) is 2.14. The minimum atomic E-state index is -0.535. The van der Waals surface area contributed by atoms with E-state index in [0.717, 1.165) is 6.54 Å². The van der Waals surface area contributed by atoms with Crippen molar-refractivity contribution in [1.82, 2.24) is 10.2 Å². The number of halogens is 1. The molecule has 0 aliphatic rings. The van der Waals surface area contributed by atoms with Crippen molar-refractivity contribution >= 4 is 5.91 Å². The van der Waals surface area contributed by atoms with Crippen LogP contribution < -0.4 is 10.1 Å². The van der Waals surface area contributed by atoms with E-state index >= 15 is 0 Å². The number of hydrogen-bond donors (Lipinski definition) is 1. The molecule has 0 aliphatic carbocycles. The number of benzene rings is 1. The van der Waals surface area contributed by atoms with Crippen molar-refractivity contribution in [3.63, 3.8) is 0 Å². The van der Waals surface area contributed by atoms with Crippen LogP contribution in [0.15, 0.2) is 18.2 Å². The Bertz CT molecular complexity index is 473. The summed E-state index contributed by atoms with van der Waals surface area (Å²) in [6.45, 7) is 5.52. The molecule has 0 radical (unpaired) electrons. The molecule has 4 nitrogen and oxygen atoms in total. The molecule has 0 heterocycles. The smallest absolute Gasteiger partial charge is 0.251 e. The predicted octanol–water partition coefficient (Wildman–Crippen LogP) is 2.15. The van der Waals surface area contributed by atoms with E-state index in [-0.39, 0.29) is 17.1 Å². The highest BCUT2D eigenvalue weighted by Gasteiger charge is 2.20. The maximum atomic E-state index is 13.5. The molecule has 1 rings (SSSR count). The lowest BCUT2D eigenvalue weighted by atomic mass is 9.93. The minimum Gasteiger partial charge on any atom is -0.494 e. The van der Waals surface area contributed by atoms with E-state index in [2.05, 4.69) is 24.1 Å². The molecule has 5 heteroatoms. The molecule has 0 fully saturated rings. The third-order valence-corrected chi connectivity index (χ3v) is 2.89. The number of ether oxygens (including phenoxy) is 1. The summed E-state index contributed by atoms with van der Waals surface area (Å²) in [4.78, 5) is 14.1.